The van der Waals surface area contributed by atoms with Crippen molar-refractivity contribution in [1.82, 2.24) is 0 Å². The predicted molar refractivity (Wildman–Crippen MR) is 74.1 cm³/mol. The number of rotatable bonds is 4. The lowest BCUT2D eigenvalue weighted by molar-refractivity contribution is -0.138. The molecule has 2 aromatic carbocycles. The maximum atomic E-state index is 11.2. The van der Waals surface area contributed by atoms with E-state index in [1.807, 2.05) is 54.3 Å². The molecule has 0 saturated heterocycles. The molecule has 1 N–H and O–H groups in total. The van der Waals surface area contributed by atoms with Gasteiger partial charge in [-0.05, 0) is 25.3 Å². The van der Waals surface area contributed by atoms with Gasteiger partial charge in [0.05, 0.1) is 0 Å². The molecule has 0 saturated carbocycles. The fourth-order valence-electron chi connectivity index (χ4n) is 2.24. The second-order valence-electron chi connectivity index (χ2n) is 4.30. The van der Waals surface area contributed by atoms with E-state index in [1.54, 1.807) is 6.92 Å². The number of aliphatic carboxylic acids is 1. The van der Waals surface area contributed by atoms with E-state index in [0.717, 1.165) is 16.5 Å². The van der Waals surface area contributed by atoms with Gasteiger partial charge in [-0.15, -0.1) is 0 Å². The highest BCUT2D eigenvalue weighted by molar-refractivity contribution is 5.95. The van der Waals surface area contributed by atoms with Crippen molar-refractivity contribution in [1.29, 1.82) is 0 Å². The molecule has 0 spiro atoms. The molecule has 0 aliphatic rings. The monoisotopic (exact) mass is 243 g/mol. The number of carboxylic acids is 1. The lowest BCUT2D eigenvalue weighted by atomic mass is 10.1. The fraction of sp³-hybridized carbons (Fsp3) is 0.267. The number of anilines is 1. The van der Waals surface area contributed by atoms with Gasteiger partial charge in [0.2, 0.25) is 0 Å². The third-order valence-electron chi connectivity index (χ3n) is 3.24. The summed E-state index contributed by atoms with van der Waals surface area (Å²) in [6.45, 7) is 4.36. The second kappa shape index (κ2) is 5.08. The molecule has 18 heavy (non-hydrogen) atoms. The molecule has 3 heteroatoms. The van der Waals surface area contributed by atoms with Crippen LogP contribution < -0.4 is 4.90 Å². The van der Waals surface area contributed by atoms with Crippen LogP contribution in [0, 0.1) is 0 Å². The molecule has 0 amide bonds. The Morgan fingerprint density at radius 2 is 1.89 bits per heavy atom. The van der Waals surface area contributed by atoms with Gasteiger partial charge in [0.15, 0.2) is 0 Å². The minimum absolute atomic E-state index is 0.527. The number of fused-ring (bicyclic) bond motifs is 1. The van der Waals surface area contributed by atoms with Crippen LogP contribution in [-0.2, 0) is 4.79 Å². The van der Waals surface area contributed by atoms with E-state index >= 15 is 0 Å². The molecule has 1 atom stereocenters. The Morgan fingerprint density at radius 3 is 2.56 bits per heavy atom. The van der Waals surface area contributed by atoms with Gasteiger partial charge in [0, 0.05) is 17.6 Å². The van der Waals surface area contributed by atoms with Crippen molar-refractivity contribution in [3.8, 4) is 0 Å². The Balaban J connectivity index is 2.55. The van der Waals surface area contributed by atoms with Crippen LogP contribution in [0.2, 0.25) is 0 Å². The van der Waals surface area contributed by atoms with E-state index in [9.17, 15) is 9.90 Å². The average molecular weight is 243 g/mol. The molecule has 0 heterocycles. The highest BCUT2D eigenvalue weighted by Crippen LogP contribution is 2.27. The molecule has 94 valence electrons. The first-order valence-electron chi connectivity index (χ1n) is 6.12. The van der Waals surface area contributed by atoms with Gasteiger partial charge in [0.1, 0.15) is 6.04 Å². The number of benzene rings is 2. The van der Waals surface area contributed by atoms with Gasteiger partial charge in [-0.2, -0.15) is 0 Å². The van der Waals surface area contributed by atoms with Crippen LogP contribution in [0.15, 0.2) is 42.5 Å². The Kier molecular flexibility index (Phi) is 3.51. The van der Waals surface area contributed by atoms with Gasteiger partial charge in [-0.1, -0.05) is 36.4 Å². The van der Waals surface area contributed by atoms with Gasteiger partial charge >= 0.3 is 5.97 Å². The van der Waals surface area contributed by atoms with Crippen molar-refractivity contribution < 1.29 is 9.90 Å². The van der Waals surface area contributed by atoms with Gasteiger partial charge in [0.25, 0.3) is 0 Å². The van der Waals surface area contributed by atoms with Gasteiger partial charge in [-0.3, -0.25) is 0 Å². The highest BCUT2D eigenvalue weighted by Gasteiger charge is 2.20. The Bertz CT molecular complexity index is 560. The molecule has 3 nitrogen and oxygen atoms in total. The molecule has 2 aromatic rings. The molecule has 2 rings (SSSR count). The number of carbonyl (C=O) groups is 1. The summed E-state index contributed by atoms with van der Waals surface area (Å²) < 4.78 is 0. The zero-order valence-corrected chi connectivity index (χ0v) is 10.6. The number of carboxylic acid groups (broad SMARTS) is 1. The van der Waals surface area contributed by atoms with Gasteiger partial charge in [-0.25, -0.2) is 4.79 Å². The Labute approximate surface area is 107 Å². The minimum Gasteiger partial charge on any atom is -0.480 e. The first-order valence-corrected chi connectivity index (χ1v) is 6.12. The second-order valence-corrected chi connectivity index (χ2v) is 4.30. The van der Waals surface area contributed by atoms with Crippen molar-refractivity contribution in [3.63, 3.8) is 0 Å². The van der Waals surface area contributed by atoms with Crippen molar-refractivity contribution in [2.24, 2.45) is 0 Å². The van der Waals surface area contributed by atoms with Crippen LogP contribution in [0.25, 0.3) is 10.8 Å². The molecular formula is C15H17NO2. The normalized spacial score (nSPS) is 12.3. The quantitative estimate of drug-likeness (QED) is 0.896. The molecule has 0 aliphatic heterocycles. The summed E-state index contributed by atoms with van der Waals surface area (Å²) >= 11 is 0. The summed E-state index contributed by atoms with van der Waals surface area (Å²) in [5.41, 5.74) is 0.977. The topological polar surface area (TPSA) is 40.5 Å². The van der Waals surface area contributed by atoms with E-state index in [0.29, 0.717) is 6.54 Å². The highest BCUT2D eigenvalue weighted by atomic mass is 16.4. The summed E-state index contributed by atoms with van der Waals surface area (Å²) in [5.74, 6) is -0.801. The van der Waals surface area contributed by atoms with Crippen molar-refractivity contribution in [2.45, 2.75) is 19.9 Å². The summed E-state index contributed by atoms with van der Waals surface area (Å²) in [4.78, 5) is 13.1. The van der Waals surface area contributed by atoms with E-state index in [2.05, 4.69) is 0 Å². The first-order chi connectivity index (χ1) is 8.65. The van der Waals surface area contributed by atoms with E-state index in [4.69, 9.17) is 0 Å². The maximum absolute atomic E-state index is 11.2. The summed E-state index contributed by atoms with van der Waals surface area (Å²) in [6, 6.07) is 13.5. The first kappa shape index (κ1) is 12.4. The van der Waals surface area contributed by atoms with Crippen LogP contribution in [0.3, 0.4) is 0 Å². The zero-order valence-electron chi connectivity index (χ0n) is 10.6. The Morgan fingerprint density at radius 1 is 1.22 bits per heavy atom. The summed E-state index contributed by atoms with van der Waals surface area (Å²) in [5, 5.41) is 11.4. The smallest absolute Gasteiger partial charge is 0.326 e. The number of likely N-dealkylation sites (N-methyl/N-ethyl adjacent to an activating group) is 1. The minimum atomic E-state index is -0.801. The fourth-order valence-corrected chi connectivity index (χ4v) is 2.24. The largest absolute Gasteiger partial charge is 0.480 e. The zero-order chi connectivity index (χ0) is 13.1. The van der Waals surface area contributed by atoms with Crippen LogP contribution in [0.5, 0.6) is 0 Å². The number of hydrogen-bond acceptors (Lipinski definition) is 2. The number of nitrogens with zero attached hydrogens (tertiary/aromatic N) is 1. The third kappa shape index (κ3) is 2.16. The lowest BCUT2D eigenvalue weighted by Crippen LogP contribution is -2.39. The standard InChI is InChI=1S/C15H17NO2/c1-3-16(11(2)15(17)18)14-10-6-8-12-7-4-5-9-13(12)14/h4-11H,3H2,1-2H3,(H,17,18)/t11-/m0/s1. The van der Waals surface area contributed by atoms with Crippen molar-refractivity contribution in [3.05, 3.63) is 42.5 Å². The van der Waals surface area contributed by atoms with E-state index in [-0.39, 0.29) is 0 Å². The predicted octanol–water partition coefficient (Wildman–Crippen LogP) is 3.14. The Hall–Kier alpha value is -2.03. The summed E-state index contributed by atoms with van der Waals surface area (Å²) in [7, 11) is 0. The SMILES string of the molecule is CCN(c1cccc2ccccc12)[C@@H](C)C(=O)O. The average Bonchev–Trinajstić information content (AvgIpc) is 2.39. The molecule has 0 bridgehead atoms. The lowest BCUT2D eigenvalue weighted by Gasteiger charge is -2.28. The molecule has 0 aliphatic carbocycles. The molecule has 0 unspecified atom stereocenters. The van der Waals surface area contributed by atoms with Crippen LogP contribution in [0.4, 0.5) is 5.69 Å². The van der Waals surface area contributed by atoms with E-state index < -0.39 is 12.0 Å². The van der Waals surface area contributed by atoms with Crippen LogP contribution in [-0.4, -0.2) is 23.7 Å². The van der Waals surface area contributed by atoms with Crippen LogP contribution in [0.1, 0.15) is 13.8 Å². The molecule has 0 radical (unpaired) electrons. The maximum Gasteiger partial charge on any atom is 0.326 e. The van der Waals surface area contributed by atoms with Gasteiger partial charge < -0.3 is 10.0 Å². The number of hydrogen-bond donors (Lipinski definition) is 1. The van der Waals surface area contributed by atoms with Crippen molar-refractivity contribution >= 4 is 22.4 Å². The van der Waals surface area contributed by atoms with Crippen molar-refractivity contribution in [2.75, 3.05) is 11.4 Å². The molecular weight excluding hydrogens is 226 g/mol. The molecule has 0 fully saturated rings. The van der Waals surface area contributed by atoms with Crippen LogP contribution >= 0.6 is 0 Å². The molecule has 0 aromatic heterocycles. The summed E-state index contributed by atoms with van der Waals surface area (Å²) in [6.07, 6.45) is 0. The third-order valence-corrected chi connectivity index (χ3v) is 3.24. The van der Waals surface area contributed by atoms with E-state index in [1.165, 1.54) is 0 Å².